The number of likely N-dealkylation sites (tertiary alicyclic amines) is 1. The summed E-state index contributed by atoms with van der Waals surface area (Å²) in [5, 5.41) is 0.693. The van der Waals surface area contributed by atoms with Crippen molar-refractivity contribution >= 4 is 39.1 Å². The number of amides is 1. The van der Waals surface area contributed by atoms with Gasteiger partial charge in [-0.25, -0.2) is 12.7 Å². The lowest BCUT2D eigenvalue weighted by atomic mass is 9.97. The van der Waals surface area contributed by atoms with Crippen molar-refractivity contribution in [3.8, 4) is 0 Å². The Labute approximate surface area is 165 Å². The maximum Gasteiger partial charge on any atom is 0.227 e. The van der Waals surface area contributed by atoms with Gasteiger partial charge in [-0.05, 0) is 44.2 Å². The van der Waals surface area contributed by atoms with Crippen molar-refractivity contribution in [2.24, 2.45) is 5.92 Å². The molecule has 0 aliphatic carbocycles. The van der Waals surface area contributed by atoms with Crippen molar-refractivity contribution in [3.63, 3.8) is 0 Å². The number of rotatable bonds is 4. The smallest absolute Gasteiger partial charge is 0.227 e. The molecule has 1 amide bonds. The van der Waals surface area contributed by atoms with Crippen LogP contribution in [0.25, 0.3) is 0 Å². The van der Waals surface area contributed by atoms with Gasteiger partial charge < -0.3 is 4.90 Å². The molecule has 0 radical (unpaired) electrons. The minimum absolute atomic E-state index is 0.0976. The third-order valence-electron chi connectivity index (χ3n) is 5.18. The van der Waals surface area contributed by atoms with Gasteiger partial charge in [-0.2, -0.15) is 0 Å². The monoisotopic (exact) mass is 418 g/mol. The van der Waals surface area contributed by atoms with Gasteiger partial charge in [-0.1, -0.05) is 29.3 Å². The third kappa shape index (κ3) is 4.53. The SMILES string of the molecule is O=C([C@H]1CCCN(S(=O)(=O)Cc2c(Cl)cccc2Cl)C1)N1CCCCC1. The van der Waals surface area contributed by atoms with Gasteiger partial charge in [0.2, 0.25) is 15.9 Å². The normalized spacial score (nSPS) is 22.4. The molecular formula is C18H24Cl2N2O3S. The molecule has 2 aliphatic rings. The van der Waals surface area contributed by atoms with Gasteiger partial charge >= 0.3 is 0 Å². The Balaban J connectivity index is 1.70. The first-order chi connectivity index (χ1) is 12.4. The average molecular weight is 419 g/mol. The van der Waals surface area contributed by atoms with Crippen LogP contribution in [-0.2, 0) is 20.6 Å². The van der Waals surface area contributed by atoms with E-state index in [0.29, 0.717) is 28.6 Å². The van der Waals surface area contributed by atoms with E-state index in [0.717, 1.165) is 38.8 Å². The van der Waals surface area contributed by atoms with Crippen LogP contribution < -0.4 is 0 Å². The number of carbonyl (C=O) groups is 1. The number of hydrogen-bond donors (Lipinski definition) is 0. The molecule has 0 saturated carbocycles. The molecule has 26 heavy (non-hydrogen) atoms. The summed E-state index contributed by atoms with van der Waals surface area (Å²) in [4.78, 5) is 14.7. The number of piperidine rings is 2. The van der Waals surface area contributed by atoms with Gasteiger partial charge in [-0.3, -0.25) is 4.79 Å². The summed E-state index contributed by atoms with van der Waals surface area (Å²) in [6, 6.07) is 4.96. The van der Waals surface area contributed by atoms with Crippen LogP contribution in [0.4, 0.5) is 0 Å². The Morgan fingerprint density at radius 3 is 2.35 bits per heavy atom. The molecule has 0 unspecified atom stereocenters. The largest absolute Gasteiger partial charge is 0.342 e. The molecule has 5 nitrogen and oxygen atoms in total. The van der Waals surface area contributed by atoms with Crippen LogP contribution in [0.3, 0.4) is 0 Å². The molecule has 3 rings (SSSR count). The van der Waals surface area contributed by atoms with E-state index in [1.165, 1.54) is 4.31 Å². The van der Waals surface area contributed by atoms with Crippen molar-refractivity contribution in [2.75, 3.05) is 26.2 Å². The molecule has 144 valence electrons. The Hall–Kier alpha value is -0.820. The van der Waals surface area contributed by atoms with Crippen molar-refractivity contribution in [1.82, 2.24) is 9.21 Å². The molecule has 0 N–H and O–H groups in total. The molecular weight excluding hydrogens is 395 g/mol. The molecule has 2 fully saturated rings. The van der Waals surface area contributed by atoms with Crippen LogP contribution in [0.1, 0.15) is 37.7 Å². The van der Waals surface area contributed by atoms with Crippen LogP contribution in [0.5, 0.6) is 0 Å². The van der Waals surface area contributed by atoms with Crippen LogP contribution in [-0.4, -0.2) is 49.7 Å². The topological polar surface area (TPSA) is 57.7 Å². The second kappa shape index (κ2) is 8.46. The van der Waals surface area contributed by atoms with E-state index in [1.807, 2.05) is 4.90 Å². The zero-order valence-corrected chi connectivity index (χ0v) is 17.0. The summed E-state index contributed by atoms with van der Waals surface area (Å²) in [6.45, 7) is 2.27. The predicted octanol–water partition coefficient (Wildman–Crippen LogP) is 3.55. The van der Waals surface area contributed by atoms with E-state index < -0.39 is 10.0 Å². The second-order valence-corrected chi connectivity index (χ2v) is 9.82. The molecule has 1 atom stereocenters. The Morgan fingerprint density at radius 2 is 1.69 bits per heavy atom. The molecule has 0 bridgehead atoms. The maximum absolute atomic E-state index is 12.9. The van der Waals surface area contributed by atoms with Gasteiger partial charge in [0.05, 0.1) is 11.7 Å². The van der Waals surface area contributed by atoms with Gasteiger partial charge in [0.1, 0.15) is 0 Å². The standard InChI is InChI=1S/C18H24Cl2N2O3S/c19-16-7-4-8-17(20)15(16)13-26(24,25)22-11-5-6-14(12-22)18(23)21-9-2-1-3-10-21/h4,7-8,14H,1-3,5-6,9-13H2/t14-/m0/s1. The third-order valence-corrected chi connectivity index (χ3v) is 7.66. The van der Waals surface area contributed by atoms with Crippen molar-refractivity contribution in [3.05, 3.63) is 33.8 Å². The van der Waals surface area contributed by atoms with Crippen molar-refractivity contribution in [1.29, 1.82) is 0 Å². The zero-order chi connectivity index (χ0) is 18.7. The highest BCUT2D eigenvalue weighted by atomic mass is 35.5. The minimum atomic E-state index is -3.58. The Bertz CT molecular complexity index is 743. The van der Waals surface area contributed by atoms with Crippen LogP contribution in [0.15, 0.2) is 18.2 Å². The second-order valence-electron chi connectivity index (χ2n) is 7.04. The number of benzene rings is 1. The first-order valence-electron chi connectivity index (χ1n) is 9.08. The number of halogens is 2. The highest BCUT2D eigenvalue weighted by Gasteiger charge is 2.35. The fraction of sp³-hybridized carbons (Fsp3) is 0.611. The lowest BCUT2D eigenvalue weighted by Gasteiger charge is -2.35. The van der Waals surface area contributed by atoms with Gasteiger partial charge in [0.15, 0.2) is 0 Å². The molecule has 2 aliphatic heterocycles. The summed E-state index contributed by atoms with van der Waals surface area (Å²) >= 11 is 12.3. The fourth-order valence-corrected chi connectivity index (χ4v) is 6.08. The van der Waals surface area contributed by atoms with Crippen molar-refractivity contribution in [2.45, 2.75) is 37.9 Å². The van der Waals surface area contributed by atoms with E-state index >= 15 is 0 Å². The fourth-order valence-electron chi connectivity index (χ4n) is 3.71. The van der Waals surface area contributed by atoms with E-state index in [2.05, 4.69) is 0 Å². The van der Waals surface area contributed by atoms with Gasteiger partial charge in [-0.15, -0.1) is 0 Å². The van der Waals surface area contributed by atoms with Crippen LogP contribution in [0, 0.1) is 5.92 Å². The molecule has 0 spiro atoms. The Morgan fingerprint density at radius 1 is 1.04 bits per heavy atom. The summed E-state index contributed by atoms with van der Waals surface area (Å²) in [6.07, 6.45) is 4.67. The highest BCUT2D eigenvalue weighted by Crippen LogP contribution is 2.29. The molecule has 1 aromatic carbocycles. The lowest BCUT2D eigenvalue weighted by Crippen LogP contribution is -2.48. The van der Waals surface area contributed by atoms with Gasteiger partial charge in [0.25, 0.3) is 0 Å². The average Bonchev–Trinajstić information content (AvgIpc) is 2.65. The molecule has 0 aromatic heterocycles. The number of sulfonamides is 1. The highest BCUT2D eigenvalue weighted by molar-refractivity contribution is 7.88. The molecule has 1 aromatic rings. The lowest BCUT2D eigenvalue weighted by molar-refractivity contribution is -0.137. The summed E-state index contributed by atoms with van der Waals surface area (Å²) in [5.74, 6) is -0.394. The first-order valence-corrected chi connectivity index (χ1v) is 11.4. The quantitative estimate of drug-likeness (QED) is 0.750. The summed E-state index contributed by atoms with van der Waals surface area (Å²) < 4.78 is 27.2. The Kier molecular flexibility index (Phi) is 6.49. The predicted molar refractivity (Wildman–Crippen MR) is 104 cm³/mol. The first kappa shape index (κ1) is 19.9. The summed E-state index contributed by atoms with van der Waals surface area (Å²) in [5.41, 5.74) is 0.417. The van der Waals surface area contributed by atoms with Crippen molar-refractivity contribution < 1.29 is 13.2 Å². The van der Waals surface area contributed by atoms with Crippen LogP contribution >= 0.6 is 23.2 Å². The van der Waals surface area contributed by atoms with E-state index in [-0.39, 0.29) is 24.1 Å². The molecule has 8 heteroatoms. The van der Waals surface area contributed by atoms with Crippen LogP contribution in [0.2, 0.25) is 10.0 Å². The molecule has 2 heterocycles. The number of nitrogens with zero attached hydrogens (tertiary/aromatic N) is 2. The zero-order valence-electron chi connectivity index (χ0n) is 14.7. The van der Waals surface area contributed by atoms with E-state index in [1.54, 1.807) is 18.2 Å². The summed E-state index contributed by atoms with van der Waals surface area (Å²) in [7, 11) is -3.58. The van der Waals surface area contributed by atoms with Gasteiger partial charge in [0, 0.05) is 41.8 Å². The molecule has 2 saturated heterocycles. The minimum Gasteiger partial charge on any atom is -0.342 e. The van der Waals surface area contributed by atoms with E-state index in [9.17, 15) is 13.2 Å². The van der Waals surface area contributed by atoms with E-state index in [4.69, 9.17) is 23.2 Å². The number of carbonyl (C=O) groups excluding carboxylic acids is 1. The number of hydrogen-bond acceptors (Lipinski definition) is 3. The maximum atomic E-state index is 12.9.